The van der Waals surface area contributed by atoms with Crippen LogP contribution in [0.4, 0.5) is 10.5 Å². The lowest BCUT2D eigenvalue weighted by Crippen LogP contribution is -2.35. The van der Waals surface area contributed by atoms with Crippen molar-refractivity contribution in [2.24, 2.45) is 5.73 Å². The zero-order valence-corrected chi connectivity index (χ0v) is 14.9. The van der Waals surface area contributed by atoms with Crippen molar-refractivity contribution in [3.05, 3.63) is 77.9 Å². The molecule has 4 aromatic rings. The van der Waals surface area contributed by atoms with Gasteiger partial charge in [-0.05, 0) is 46.9 Å². The van der Waals surface area contributed by atoms with Crippen LogP contribution in [-0.4, -0.2) is 21.6 Å². The van der Waals surface area contributed by atoms with E-state index in [-0.39, 0.29) is 0 Å². The molecule has 28 heavy (non-hydrogen) atoms. The molecular formula is C21H17N6O+. The van der Waals surface area contributed by atoms with Crippen LogP contribution in [-0.2, 0) is 6.42 Å². The highest BCUT2D eigenvalue weighted by Gasteiger charge is 2.27. The van der Waals surface area contributed by atoms with Crippen LogP contribution >= 0.6 is 0 Å². The van der Waals surface area contributed by atoms with Crippen molar-refractivity contribution in [1.82, 2.24) is 15.5 Å². The third-order valence-corrected chi connectivity index (χ3v) is 4.96. The van der Waals surface area contributed by atoms with Gasteiger partial charge in [-0.25, -0.2) is 4.79 Å². The molecule has 0 saturated carbocycles. The number of hydrogen-bond acceptors (Lipinski definition) is 3. The van der Waals surface area contributed by atoms with E-state index in [1.165, 1.54) is 22.3 Å². The zero-order chi connectivity index (χ0) is 19.1. The highest BCUT2D eigenvalue weighted by Crippen LogP contribution is 2.40. The van der Waals surface area contributed by atoms with E-state index in [4.69, 9.17) is 5.73 Å². The van der Waals surface area contributed by atoms with E-state index in [0.717, 1.165) is 17.7 Å². The van der Waals surface area contributed by atoms with Gasteiger partial charge < -0.3 is 11.1 Å². The Labute approximate surface area is 160 Å². The Balaban J connectivity index is 1.62. The fourth-order valence-corrected chi connectivity index (χ4v) is 3.79. The molecule has 0 unspecified atom stereocenters. The third-order valence-electron chi connectivity index (χ3n) is 4.96. The Kier molecular flexibility index (Phi) is 3.65. The molecule has 136 valence electrons. The summed E-state index contributed by atoms with van der Waals surface area (Å²) in [5, 5.41) is 13.9. The molecule has 1 aliphatic carbocycles. The van der Waals surface area contributed by atoms with Crippen LogP contribution in [0, 0.1) is 0 Å². The number of urea groups is 1. The quantitative estimate of drug-likeness (QED) is 0.426. The fraction of sp³-hybridized carbons (Fsp3) is 0.0476. The van der Waals surface area contributed by atoms with E-state index in [0.29, 0.717) is 11.5 Å². The Bertz CT molecular complexity index is 1210. The van der Waals surface area contributed by atoms with Crippen LogP contribution in [0.15, 0.2) is 66.7 Å². The minimum atomic E-state index is -0.608. The predicted molar refractivity (Wildman–Crippen MR) is 105 cm³/mol. The van der Waals surface area contributed by atoms with E-state index in [1.807, 2.05) is 24.3 Å². The van der Waals surface area contributed by atoms with Crippen LogP contribution in [0.25, 0.3) is 28.2 Å². The molecule has 0 saturated heterocycles. The van der Waals surface area contributed by atoms with E-state index in [9.17, 15) is 4.79 Å². The monoisotopic (exact) mass is 369 g/mol. The molecule has 0 spiro atoms. The molecule has 7 heteroatoms. The maximum Gasteiger partial charge on any atom is 0.337 e. The number of hydrogen-bond donors (Lipinski definition) is 3. The molecule has 1 aliphatic rings. The van der Waals surface area contributed by atoms with Crippen LogP contribution in [0.2, 0.25) is 0 Å². The number of carbonyl (C=O) groups is 1. The lowest BCUT2D eigenvalue weighted by molar-refractivity contribution is -0.649. The summed E-state index contributed by atoms with van der Waals surface area (Å²) in [5.74, 6) is 0.709. The molecule has 0 fully saturated rings. The van der Waals surface area contributed by atoms with Crippen molar-refractivity contribution in [2.75, 3.05) is 5.32 Å². The van der Waals surface area contributed by atoms with Gasteiger partial charge in [0.2, 0.25) is 0 Å². The number of nitrogens with zero attached hydrogens (tertiary/aromatic N) is 3. The van der Waals surface area contributed by atoms with Crippen LogP contribution < -0.4 is 15.7 Å². The van der Waals surface area contributed by atoms with Crippen molar-refractivity contribution < 1.29 is 9.48 Å². The number of nitrogens with two attached hydrogens (primary N) is 1. The standard InChI is InChI=1S/C21H16N6O/c22-21(28)23-14-6-3-7-15(12-14)27-20(24-25-26-27)18-10-4-9-17-16-8-2-1-5-13(16)11-19(17)18/h1-10,12H,11H2,(H3,22,23,28)/p+1. The van der Waals surface area contributed by atoms with Gasteiger partial charge in [0.05, 0.1) is 5.56 Å². The molecule has 7 nitrogen and oxygen atoms in total. The molecule has 0 atom stereocenters. The van der Waals surface area contributed by atoms with Gasteiger partial charge in [-0.3, -0.25) is 0 Å². The molecule has 0 radical (unpaired) electrons. The summed E-state index contributed by atoms with van der Waals surface area (Å²) in [6, 6.07) is 21.4. The number of fused-ring (bicyclic) bond motifs is 3. The summed E-state index contributed by atoms with van der Waals surface area (Å²) in [5.41, 5.74) is 12.7. The van der Waals surface area contributed by atoms with Crippen LogP contribution in [0.5, 0.6) is 0 Å². The third kappa shape index (κ3) is 2.61. The maximum atomic E-state index is 11.2. The number of H-pyrrole nitrogens is 1. The Morgan fingerprint density at radius 2 is 1.79 bits per heavy atom. The van der Waals surface area contributed by atoms with Gasteiger partial charge in [-0.2, -0.15) is 0 Å². The molecular weight excluding hydrogens is 352 g/mol. The summed E-state index contributed by atoms with van der Waals surface area (Å²) in [7, 11) is 0. The highest BCUT2D eigenvalue weighted by molar-refractivity contribution is 5.88. The molecule has 1 heterocycles. The highest BCUT2D eigenvalue weighted by atomic mass is 16.2. The van der Waals surface area contributed by atoms with Gasteiger partial charge >= 0.3 is 11.9 Å². The van der Waals surface area contributed by atoms with Crippen LogP contribution in [0.1, 0.15) is 11.1 Å². The van der Waals surface area contributed by atoms with Gasteiger partial charge in [0.1, 0.15) is 10.8 Å². The summed E-state index contributed by atoms with van der Waals surface area (Å²) < 4.78 is 1.80. The lowest BCUT2D eigenvalue weighted by atomic mass is 10.0. The minimum Gasteiger partial charge on any atom is -0.351 e. The summed E-state index contributed by atoms with van der Waals surface area (Å²) in [4.78, 5) is 11.2. The number of rotatable bonds is 3. The largest absolute Gasteiger partial charge is 0.351 e. The van der Waals surface area contributed by atoms with Gasteiger partial charge in [0.15, 0.2) is 5.21 Å². The van der Waals surface area contributed by atoms with Crippen molar-refractivity contribution in [2.45, 2.75) is 6.42 Å². The number of nitrogens with one attached hydrogen (secondary N) is 2. The number of benzene rings is 3. The molecule has 5 rings (SSSR count). The summed E-state index contributed by atoms with van der Waals surface area (Å²) in [6.07, 6.45) is 0.859. The minimum absolute atomic E-state index is 0.601. The first-order chi connectivity index (χ1) is 13.7. The number of tetrazole rings is 1. The van der Waals surface area contributed by atoms with E-state index in [1.54, 1.807) is 10.7 Å². The normalized spacial score (nSPS) is 11.7. The van der Waals surface area contributed by atoms with Crippen molar-refractivity contribution in [1.29, 1.82) is 0 Å². The molecule has 0 aliphatic heterocycles. The molecule has 4 N–H and O–H groups in total. The van der Waals surface area contributed by atoms with Crippen LogP contribution in [0.3, 0.4) is 0 Å². The number of anilines is 1. The van der Waals surface area contributed by atoms with Crippen molar-refractivity contribution in [3.63, 3.8) is 0 Å². The number of amides is 2. The molecule has 0 bridgehead atoms. The molecule has 1 aromatic heterocycles. The van der Waals surface area contributed by atoms with E-state index in [2.05, 4.69) is 57.2 Å². The first kappa shape index (κ1) is 16.2. The average Bonchev–Trinajstić information content (AvgIpc) is 3.32. The number of aromatic nitrogens is 4. The first-order valence-electron chi connectivity index (χ1n) is 8.91. The topological polar surface area (TPSA) is 101 Å². The Morgan fingerprint density at radius 1 is 1.00 bits per heavy atom. The molecule has 3 aromatic carbocycles. The maximum absolute atomic E-state index is 11.2. The average molecular weight is 369 g/mol. The van der Waals surface area contributed by atoms with Gasteiger partial charge in [-0.15, -0.1) is 4.68 Å². The van der Waals surface area contributed by atoms with Gasteiger partial charge in [0.25, 0.3) is 0 Å². The van der Waals surface area contributed by atoms with Crippen molar-refractivity contribution in [3.8, 4) is 28.2 Å². The summed E-state index contributed by atoms with van der Waals surface area (Å²) in [6.45, 7) is 0. The first-order valence-corrected chi connectivity index (χ1v) is 8.91. The second kappa shape index (κ2) is 6.31. The molecule has 2 amide bonds. The van der Waals surface area contributed by atoms with Gasteiger partial charge in [-0.1, -0.05) is 47.7 Å². The van der Waals surface area contributed by atoms with Gasteiger partial charge in [0, 0.05) is 11.8 Å². The number of carbonyl (C=O) groups excluding carboxylic acids is 1. The number of primary amides is 1. The smallest absolute Gasteiger partial charge is 0.337 e. The second-order valence-electron chi connectivity index (χ2n) is 6.66. The summed E-state index contributed by atoms with van der Waals surface area (Å²) >= 11 is 0. The SMILES string of the molecule is NC(=O)Nc1cccc(-[n+]2[nH]nnc2-c2cccc3c2Cc2ccccc2-3)c1. The Hall–Kier alpha value is -4.00. The second-order valence-corrected chi connectivity index (χ2v) is 6.66. The van der Waals surface area contributed by atoms with Crippen molar-refractivity contribution >= 4 is 11.7 Å². The fourth-order valence-electron chi connectivity index (χ4n) is 3.79. The zero-order valence-electron chi connectivity index (χ0n) is 14.9. The Morgan fingerprint density at radius 3 is 2.68 bits per heavy atom. The number of aromatic amines is 1. The van der Waals surface area contributed by atoms with E-state index >= 15 is 0 Å². The lowest BCUT2D eigenvalue weighted by Gasteiger charge is -2.06. The predicted octanol–water partition coefficient (Wildman–Crippen LogP) is 2.81. The van der Waals surface area contributed by atoms with E-state index < -0.39 is 6.03 Å².